The zero-order chi connectivity index (χ0) is 27.5. The number of nitrogens with zero attached hydrogens (tertiary/aromatic N) is 6. The molecule has 1 aliphatic rings. The van der Waals surface area contributed by atoms with Crippen LogP contribution in [0.5, 0.6) is 6.01 Å². The highest BCUT2D eigenvalue weighted by atomic mass is 16.5. The number of rotatable bonds is 6. The number of hydrogen-bond acceptors (Lipinski definition) is 7. The van der Waals surface area contributed by atoms with Crippen molar-refractivity contribution >= 4 is 17.4 Å². The standard InChI is InChI=1S/C30H32N6O3/c1-20-7-10-24(16-25(20)35(3)30(37)38-4)26-27(23-11-8-21(17-31)9-12-23)33-29(36-15-13-32-28(26)36)39-19-22-6-5-14-34(2)18-22/h7-13,15-16,22H,5-6,14,18-19H2,1-4H3/t22-/m1/s1. The van der Waals surface area contributed by atoms with Crippen molar-refractivity contribution in [3.63, 3.8) is 0 Å². The highest BCUT2D eigenvalue weighted by Crippen LogP contribution is 2.38. The molecule has 200 valence electrons. The van der Waals surface area contributed by atoms with Gasteiger partial charge in [0.1, 0.15) is 0 Å². The van der Waals surface area contributed by atoms with Gasteiger partial charge in [-0.15, -0.1) is 0 Å². The third-order valence-corrected chi connectivity index (χ3v) is 7.28. The van der Waals surface area contributed by atoms with Crippen LogP contribution < -0.4 is 9.64 Å². The van der Waals surface area contributed by atoms with Crippen molar-refractivity contribution < 1.29 is 14.3 Å². The van der Waals surface area contributed by atoms with Crippen LogP contribution in [0.4, 0.5) is 10.5 Å². The Morgan fingerprint density at radius 1 is 1.21 bits per heavy atom. The van der Waals surface area contributed by atoms with Crippen LogP contribution in [0.2, 0.25) is 0 Å². The number of piperidine rings is 1. The third-order valence-electron chi connectivity index (χ3n) is 7.28. The molecule has 9 nitrogen and oxygen atoms in total. The Morgan fingerprint density at radius 2 is 1.97 bits per heavy atom. The second-order valence-electron chi connectivity index (χ2n) is 10.0. The van der Waals surface area contributed by atoms with E-state index in [4.69, 9.17) is 19.4 Å². The molecule has 0 N–H and O–H groups in total. The van der Waals surface area contributed by atoms with E-state index in [1.807, 2.05) is 47.9 Å². The van der Waals surface area contributed by atoms with Crippen LogP contribution in [0.3, 0.4) is 0 Å². The second kappa shape index (κ2) is 11.1. The Hall–Kier alpha value is -4.42. The van der Waals surface area contributed by atoms with Gasteiger partial charge < -0.3 is 14.4 Å². The van der Waals surface area contributed by atoms with Crippen LogP contribution in [-0.4, -0.2) is 66.3 Å². The molecule has 3 heterocycles. The van der Waals surface area contributed by atoms with Gasteiger partial charge >= 0.3 is 12.1 Å². The Morgan fingerprint density at radius 3 is 2.69 bits per heavy atom. The van der Waals surface area contributed by atoms with E-state index < -0.39 is 6.09 Å². The number of carbonyl (C=O) groups is 1. The number of likely N-dealkylation sites (tertiary alicyclic amines) is 1. The molecule has 1 fully saturated rings. The Labute approximate surface area is 228 Å². The van der Waals surface area contributed by atoms with Crippen molar-refractivity contribution in [2.45, 2.75) is 19.8 Å². The maximum Gasteiger partial charge on any atom is 0.413 e. The molecule has 0 aliphatic carbocycles. The number of benzene rings is 2. The zero-order valence-corrected chi connectivity index (χ0v) is 22.7. The van der Waals surface area contributed by atoms with Gasteiger partial charge in [0.05, 0.1) is 42.3 Å². The lowest BCUT2D eigenvalue weighted by atomic mass is 9.97. The number of hydrogen-bond donors (Lipinski definition) is 0. The minimum Gasteiger partial charge on any atom is -0.464 e. The van der Waals surface area contributed by atoms with Gasteiger partial charge in [0.25, 0.3) is 0 Å². The molecule has 1 amide bonds. The number of ether oxygens (including phenoxy) is 2. The fourth-order valence-corrected chi connectivity index (χ4v) is 5.20. The molecule has 0 radical (unpaired) electrons. The number of imidazole rings is 1. The Kier molecular flexibility index (Phi) is 7.48. The van der Waals surface area contributed by atoms with E-state index in [-0.39, 0.29) is 0 Å². The van der Waals surface area contributed by atoms with E-state index in [2.05, 4.69) is 18.0 Å². The predicted molar refractivity (Wildman–Crippen MR) is 150 cm³/mol. The summed E-state index contributed by atoms with van der Waals surface area (Å²) in [5.41, 5.74) is 6.06. The summed E-state index contributed by atoms with van der Waals surface area (Å²) in [5, 5.41) is 9.33. The highest BCUT2D eigenvalue weighted by Gasteiger charge is 2.23. The number of carbonyl (C=O) groups excluding carboxylic acids is 1. The first-order chi connectivity index (χ1) is 18.9. The minimum absolute atomic E-state index is 0.427. The van der Waals surface area contributed by atoms with Crippen LogP contribution in [0.15, 0.2) is 54.9 Å². The molecule has 1 saturated heterocycles. The van der Waals surface area contributed by atoms with E-state index in [0.29, 0.717) is 35.4 Å². The number of aryl methyl sites for hydroxylation is 1. The van der Waals surface area contributed by atoms with E-state index >= 15 is 0 Å². The van der Waals surface area contributed by atoms with Crippen molar-refractivity contribution in [2.24, 2.45) is 5.92 Å². The number of amides is 1. The van der Waals surface area contributed by atoms with Gasteiger partial charge in [0, 0.05) is 37.5 Å². The average molecular weight is 525 g/mol. The molecule has 0 bridgehead atoms. The molecule has 2 aromatic heterocycles. The van der Waals surface area contributed by atoms with Crippen molar-refractivity contribution in [3.05, 3.63) is 66.0 Å². The molecule has 0 spiro atoms. The molecule has 1 atom stereocenters. The summed E-state index contributed by atoms with van der Waals surface area (Å²) in [4.78, 5) is 25.9. The number of fused-ring (bicyclic) bond motifs is 1. The monoisotopic (exact) mass is 524 g/mol. The smallest absolute Gasteiger partial charge is 0.413 e. The third kappa shape index (κ3) is 5.29. The van der Waals surface area contributed by atoms with Gasteiger partial charge in [0.2, 0.25) is 0 Å². The fraction of sp³-hybridized carbons (Fsp3) is 0.333. The number of methoxy groups -OCH3 is 1. The molecular formula is C30H32N6O3. The molecule has 9 heteroatoms. The SMILES string of the molecule is COC(=O)N(C)c1cc(-c2c(-c3ccc(C#N)cc3)nc(OC[C@@H]3CCCN(C)C3)n3ccnc23)ccc1C. The van der Waals surface area contributed by atoms with E-state index in [9.17, 15) is 10.1 Å². The lowest BCUT2D eigenvalue weighted by molar-refractivity contribution is 0.143. The van der Waals surface area contributed by atoms with Crippen LogP contribution in [0, 0.1) is 24.2 Å². The first-order valence-corrected chi connectivity index (χ1v) is 13.0. The summed E-state index contributed by atoms with van der Waals surface area (Å²) in [6.07, 6.45) is 5.41. The quantitative estimate of drug-likeness (QED) is 0.343. The van der Waals surface area contributed by atoms with Crippen molar-refractivity contribution in [1.82, 2.24) is 19.3 Å². The Balaban J connectivity index is 1.65. The summed E-state index contributed by atoms with van der Waals surface area (Å²) in [5.74, 6) is 0.427. The fourth-order valence-electron chi connectivity index (χ4n) is 5.20. The van der Waals surface area contributed by atoms with Crippen molar-refractivity contribution in [1.29, 1.82) is 5.26 Å². The second-order valence-corrected chi connectivity index (χ2v) is 10.0. The van der Waals surface area contributed by atoms with Crippen LogP contribution in [-0.2, 0) is 4.74 Å². The maximum absolute atomic E-state index is 12.3. The van der Waals surface area contributed by atoms with E-state index in [1.54, 1.807) is 25.4 Å². The Bertz CT molecular complexity index is 1540. The number of aromatic nitrogens is 3. The molecule has 0 saturated carbocycles. The first-order valence-electron chi connectivity index (χ1n) is 13.0. The van der Waals surface area contributed by atoms with Crippen LogP contribution in [0.25, 0.3) is 28.0 Å². The van der Waals surface area contributed by atoms with Crippen LogP contribution in [0.1, 0.15) is 24.0 Å². The van der Waals surface area contributed by atoms with Gasteiger partial charge in [0.15, 0.2) is 5.65 Å². The highest BCUT2D eigenvalue weighted by molar-refractivity contribution is 5.94. The molecule has 0 unspecified atom stereocenters. The van der Waals surface area contributed by atoms with E-state index in [1.165, 1.54) is 12.0 Å². The van der Waals surface area contributed by atoms with Gasteiger partial charge in [-0.05, 0) is 62.7 Å². The van der Waals surface area contributed by atoms with Crippen LogP contribution >= 0.6 is 0 Å². The average Bonchev–Trinajstić information content (AvgIpc) is 3.45. The summed E-state index contributed by atoms with van der Waals surface area (Å²) < 4.78 is 13.2. The summed E-state index contributed by atoms with van der Waals surface area (Å²) in [7, 11) is 5.19. The summed E-state index contributed by atoms with van der Waals surface area (Å²) >= 11 is 0. The minimum atomic E-state index is -0.455. The number of nitriles is 1. The number of anilines is 1. The normalized spacial score (nSPS) is 15.6. The predicted octanol–water partition coefficient (Wildman–Crippen LogP) is 5.17. The maximum atomic E-state index is 12.3. The van der Waals surface area contributed by atoms with Crippen molar-refractivity contribution in [2.75, 3.05) is 45.8 Å². The first kappa shape index (κ1) is 26.2. The van der Waals surface area contributed by atoms with Gasteiger partial charge in [-0.25, -0.2) is 9.78 Å². The van der Waals surface area contributed by atoms with Gasteiger partial charge in [-0.1, -0.05) is 24.3 Å². The topological polar surface area (TPSA) is 96.0 Å². The molecule has 5 rings (SSSR count). The van der Waals surface area contributed by atoms with Gasteiger partial charge in [-0.2, -0.15) is 10.2 Å². The lowest BCUT2D eigenvalue weighted by Crippen LogP contribution is -2.35. The molecule has 1 aliphatic heterocycles. The van der Waals surface area contributed by atoms with Gasteiger partial charge in [-0.3, -0.25) is 9.30 Å². The molecule has 2 aromatic carbocycles. The summed E-state index contributed by atoms with van der Waals surface area (Å²) in [6, 6.07) is 15.9. The molecule has 4 aromatic rings. The van der Waals surface area contributed by atoms with E-state index in [0.717, 1.165) is 53.9 Å². The van der Waals surface area contributed by atoms with Crippen molar-refractivity contribution in [3.8, 4) is 34.5 Å². The molecule has 39 heavy (non-hydrogen) atoms. The lowest BCUT2D eigenvalue weighted by Gasteiger charge is -2.29. The molecular weight excluding hydrogens is 492 g/mol. The largest absolute Gasteiger partial charge is 0.464 e. The summed E-state index contributed by atoms with van der Waals surface area (Å²) in [6.45, 7) is 4.62. The zero-order valence-electron chi connectivity index (χ0n) is 22.7.